The highest BCUT2D eigenvalue weighted by Gasteiger charge is 2.35. The SMILES string of the molecule is CC1(C)c2ccccc2-c2ccc(-c3ccc(-c4c5ccccc5c(-c5c(F)c(F)c(/C=C/c6ccc(N(c7ccccc7)c7ccc8ccccc8c7)cc6)c(F)c5F)c5ccccc45)c4ccccc34)cc21. The van der Waals surface area contributed by atoms with Gasteiger partial charge in [-0.05, 0) is 142 Å². The van der Waals surface area contributed by atoms with Gasteiger partial charge in [0.05, 0.1) is 11.1 Å². The summed E-state index contributed by atoms with van der Waals surface area (Å²) >= 11 is 0. The Morgan fingerprint density at radius 3 is 1.51 bits per heavy atom. The van der Waals surface area contributed by atoms with E-state index in [0.717, 1.165) is 66.9 Å². The number of nitrogens with zero attached hydrogens (tertiary/aromatic N) is 1. The summed E-state index contributed by atoms with van der Waals surface area (Å²) in [6.07, 6.45) is 2.57. The molecular formula is C69H45F4N. The number of hydrogen-bond donors (Lipinski definition) is 0. The molecule has 13 rings (SSSR count). The van der Waals surface area contributed by atoms with Crippen molar-refractivity contribution in [3.8, 4) is 44.5 Å². The van der Waals surface area contributed by atoms with Gasteiger partial charge in [0.15, 0.2) is 23.3 Å². The van der Waals surface area contributed by atoms with Crippen LogP contribution in [-0.4, -0.2) is 0 Å². The molecule has 0 saturated heterocycles. The Hall–Kier alpha value is -9.06. The summed E-state index contributed by atoms with van der Waals surface area (Å²) in [6, 6.07) is 74.5. The molecule has 5 heteroatoms. The van der Waals surface area contributed by atoms with E-state index in [1.165, 1.54) is 28.3 Å². The number of anilines is 3. The van der Waals surface area contributed by atoms with Crippen molar-refractivity contribution in [1.82, 2.24) is 0 Å². The van der Waals surface area contributed by atoms with Gasteiger partial charge >= 0.3 is 0 Å². The highest BCUT2D eigenvalue weighted by atomic mass is 19.2. The van der Waals surface area contributed by atoms with Crippen LogP contribution in [0.1, 0.15) is 36.1 Å². The minimum Gasteiger partial charge on any atom is -0.310 e. The van der Waals surface area contributed by atoms with Crippen molar-refractivity contribution in [3.05, 3.63) is 270 Å². The van der Waals surface area contributed by atoms with Crippen molar-refractivity contribution in [2.45, 2.75) is 19.3 Å². The van der Waals surface area contributed by atoms with Crippen LogP contribution in [0.15, 0.2) is 224 Å². The van der Waals surface area contributed by atoms with Crippen LogP contribution in [0.25, 0.3) is 99.7 Å². The average molecular weight is 964 g/mol. The quantitative estimate of drug-likeness (QED) is 0.0635. The fraction of sp³-hybridized carbons (Fsp3) is 0.0435. The number of fused-ring (bicyclic) bond motifs is 7. The summed E-state index contributed by atoms with van der Waals surface area (Å²) in [5, 5.41) is 6.56. The number of hydrogen-bond acceptors (Lipinski definition) is 1. The Balaban J connectivity index is 0.889. The van der Waals surface area contributed by atoms with Gasteiger partial charge in [-0.2, -0.15) is 0 Å². The molecule has 1 nitrogen and oxygen atoms in total. The minimum absolute atomic E-state index is 0.0796. The smallest absolute Gasteiger partial charge is 0.170 e. The number of benzene rings is 12. The first-order valence-corrected chi connectivity index (χ1v) is 24.8. The fourth-order valence-corrected chi connectivity index (χ4v) is 11.6. The van der Waals surface area contributed by atoms with E-state index in [4.69, 9.17) is 0 Å². The Morgan fingerprint density at radius 1 is 0.338 bits per heavy atom. The molecule has 0 aliphatic heterocycles. The Bertz CT molecular complexity index is 4180. The molecule has 0 heterocycles. The predicted octanol–water partition coefficient (Wildman–Crippen LogP) is 19.8. The molecule has 0 N–H and O–H groups in total. The van der Waals surface area contributed by atoms with Gasteiger partial charge in [-0.1, -0.05) is 202 Å². The molecule has 0 aromatic heterocycles. The molecule has 74 heavy (non-hydrogen) atoms. The van der Waals surface area contributed by atoms with Crippen LogP contribution in [-0.2, 0) is 5.41 Å². The second-order valence-electron chi connectivity index (χ2n) is 19.7. The Morgan fingerprint density at radius 2 is 0.838 bits per heavy atom. The van der Waals surface area contributed by atoms with E-state index < -0.39 is 34.4 Å². The maximum Gasteiger partial charge on any atom is 0.170 e. The molecule has 1 aliphatic carbocycles. The monoisotopic (exact) mass is 963 g/mol. The van der Waals surface area contributed by atoms with E-state index in [1.54, 1.807) is 24.3 Å². The van der Waals surface area contributed by atoms with Crippen molar-refractivity contribution >= 4 is 72.3 Å². The zero-order valence-electron chi connectivity index (χ0n) is 40.5. The fourth-order valence-electron chi connectivity index (χ4n) is 11.6. The summed E-state index contributed by atoms with van der Waals surface area (Å²) in [6.45, 7) is 4.56. The van der Waals surface area contributed by atoms with Crippen LogP contribution in [0.4, 0.5) is 34.6 Å². The van der Waals surface area contributed by atoms with E-state index in [2.05, 4.69) is 116 Å². The maximum absolute atomic E-state index is 17.0. The molecule has 0 bridgehead atoms. The highest BCUT2D eigenvalue weighted by molar-refractivity contribution is 6.24. The van der Waals surface area contributed by atoms with Crippen molar-refractivity contribution in [2.24, 2.45) is 0 Å². The van der Waals surface area contributed by atoms with Crippen LogP contribution in [0, 0.1) is 23.3 Å². The normalized spacial score (nSPS) is 12.8. The van der Waals surface area contributed by atoms with Gasteiger partial charge < -0.3 is 4.90 Å². The molecule has 0 saturated carbocycles. The lowest BCUT2D eigenvalue weighted by Gasteiger charge is -2.26. The van der Waals surface area contributed by atoms with Gasteiger partial charge in [0.1, 0.15) is 0 Å². The van der Waals surface area contributed by atoms with Crippen molar-refractivity contribution in [2.75, 3.05) is 4.90 Å². The molecule has 1 aliphatic rings. The third-order valence-corrected chi connectivity index (χ3v) is 15.2. The number of para-hydroxylation sites is 1. The molecule has 12 aromatic rings. The summed E-state index contributed by atoms with van der Waals surface area (Å²) in [7, 11) is 0. The van der Waals surface area contributed by atoms with Gasteiger partial charge in [-0.15, -0.1) is 0 Å². The summed E-state index contributed by atoms with van der Waals surface area (Å²) in [4.78, 5) is 2.12. The summed E-state index contributed by atoms with van der Waals surface area (Å²) in [5.41, 5.74) is 10.8. The molecule has 0 amide bonds. The van der Waals surface area contributed by atoms with Crippen molar-refractivity contribution < 1.29 is 17.6 Å². The molecule has 0 fully saturated rings. The van der Waals surface area contributed by atoms with E-state index in [1.807, 2.05) is 103 Å². The molecule has 0 spiro atoms. The molecule has 0 atom stereocenters. The van der Waals surface area contributed by atoms with Gasteiger partial charge in [0, 0.05) is 28.0 Å². The van der Waals surface area contributed by atoms with Crippen LogP contribution in [0.3, 0.4) is 0 Å². The lowest BCUT2D eigenvalue weighted by atomic mass is 9.81. The lowest BCUT2D eigenvalue weighted by Crippen LogP contribution is -2.14. The Labute approximate surface area is 426 Å². The van der Waals surface area contributed by atoms with E-state index in [0.29, 0.717) is 27.1 Å². The third-order valence-electron chi connectivity index (χ3n) is 15.2. The molecule has 12 aromatic carbocycles. The summed E-state index contributed by atoms with van der Waals surface area (Å²) in [5.74, 6) is -5.88. The molecular weight excluding hydrogens is 919 g/mol. The Kier molecular flexibility index (Phi) is 10.7. The topological polar surface area (TPSA) is 3.24 Å². The zero-order valence-corrected chi connectivity index (χ0v) is 40.5. The van der Waals surface area contributed by atoms with E-state index >= 15 is 17.6 Å². The van der Waals surface area contributed by atoms with Crippen molar-refractivity contribution in [1.29, 1.82) is 0 Å². The van der Waals surface area contributed by atoms with Crippen LogP contribution < -0.4 is 4.90 Å². The van der Waals surface area contributed by atoms with Crippen molar-refractivity contribution in [3.63, 3.8) is 0 Å². The predicted molar refractivity (Wildman–Crippen MR) is 300 cm³/mol. The van der Waals surface area contributed by atoms with Crippen LogP contribution >= 0.6 is 0 Å². The molecule has 0 radical (unpaired) electrons. The second kappa shape index (κ2) is 17.6. The van der Waals surface area contributed by atoms with Gasteiger partial charge in [-0.3, -0.25) is 0 Å². The van der Waals surface area contributed by atoms with Crippen LogP contribution in [0.2, 0.25) is 0 Å². The number of halogens is 4. The standard InChI is InChI=1S/C69H45F4N/c1-69(2)60-27-15-14-22-52(60)53-37-32-45(41-61(53)69)49-38-39-58(51-21-9-8-20-50(49)51)62-54-23-10-12-25-56(54)63(57-26-13-11-24-55(57)62)64-67(72)65(70)59(66(71)68(64)73)36-30-42-28-33-47(34-29-42)74(46-18-4-3-5-19-46)48-35-31-43-16-6-7-17-44(43)40-48/h3-41H,1-2H3/b36-30+. The zero-order chi connectivity index (χ0) is 50.2. The van der Waals surface area contributed by atoms with Gasteiger partial charge in [0.2, 0.25) is 0 Å². The van der Waals surface area contributed by atoms with E-state index in [9.17, 15) is 0 Å². The first-order valence-electron chi connectivity index (χ1n) is 24.8. The second-order valence-corrected chi connectivity index (χ2v) is 19.7. The first kappa shape index (κ1) is 44.8. The highest BCUT2D eigenvalue weighted by Crippen LogP contribution is 2.52. The average Bonchev–Trinajstić information content (AvgIpc) is 3.68. The van der Waals surface area contributed by atoms with Crippen LogP contribution in [0.5, 0.6) is 0 Å². The van der Waals surface area contributed by atoms with E-state index in [-0.39, 0.29) is 11.0 Å². The lowest BCUT2D eigenvalue weighted by molar-refractivity contribution is 0.456. The van der Waals surface area contributed by atoms with Gasteiger partial charge in [0.25, 0.3) is 0 Å². The van der Waals surface area contributed by atoms with Gasteiger partial charge in [-0.25, -0.2) is 17.6 Å². The largest absolute Gasteiger partial charge is 0.310 e. The third kappa shape index (κ3) is 7.14. The summed E-state index contributed by atoms with van der Waals surface area (Å²) < 4.78 is 67.1. The first-order chi connectivity index (χ1) is 36.2. The maximum atomic E-state index is 17.0. The molecule has 354 valence electrons. The molecule has 0 unspecified atom stereocenters. The minimum atomic E-state index is -1.48. The number of rotatable bonds is 8.